The predicted molar refractivity (Wildman–Crippen MR) is 72.1 cm³/mol. The van der Waals surface area contributed by atoms with Crippen LogP contribution in [0.2, 0.25) is 0 Å². The maximum absolute atomic E-state index is 5.83. The summed E-state index contributed by atoms with van der Waals surface area (Å²) in [6, 6.07) is 11.1. The van der Waals surface area contributed by atoms with Crippen molar-refractivity contribution in [3.8, 4) is 0 Å². The second kappa shape index (κ2) is 4.40. The van der Waals surface area contributed by atoms with Crippen LogP contribution >= 0.6 is 0 Å². The van der Waals surface area contributed by atoms with Gasteiger partial charge < -0.3 is 10.6 Å². The highest BCUT2D eigenvalue weighted by Gasteiger charge is 2.41. The molecule has 0 aliphatic heterocycles. The molecule has 1 fully saturated rings. The Bertz CT molecular complexity index is 403. The molecule has 2 N–H and O–H groups in total. The maximum atomic E-state index is 5.83. The fourth-order valence-electron chi connectivity index (χ4n) is 2.45. The van der Waals surface area contributed by atoms with E-state index in [2.05, 4.69) is 42.2 Å². The maximum Gasteiger partial charge on any atom is 0.190 e. The van der Waals surface area contributed by atoms with Gasteiger partial charge in [0.25, 0.3) is 0 Å². The number of guanidine groups is 1. The van der Waals surface area contributed by atoms with Gasteiger partial charge in [-0.15, -0.1) is 0 Å². The molecule has 1 aromatic rings. The van der Waals surface area contributed by atoms with Crippen LogP contribution in [0.1, 0.15) is 25.3 Å². The lowest BCUT2D eigenvalue weighted by molar-refractivity contribution is 0.227. The van der Waals surface area contributed by atoms with Crippen molar-refractivity contribution in [1.29, 1.82) is 0 Å². The predicted octanol–water partition coefficient (Wildman–Crippen LogP) is 1.98. The van der Waals surface area contributed by atoms with E-state index in [1.807, 2.05) is 19.0 Å². The molecule has 0 heterocycles. The molecular weight excluding hydrogens is 210 g/mol. The number of rotatable bonds is 2. The minimum absolute atomic E-state index is 0.280. The summed E-state index contributed by atoms with van der Waals surface area (Å²) < 4.78 is 0. The van der Waals surface area contributed by atoms with Crippen molar-refractivity contribution in [2.45, 2.75) is 31.2 Å². The van der Waals surface area contributed by atoms with Crippen LogP contribution in [-0.4, -0.2) is 31.0 Å². The second-order valence-corrected chi connectivity index (χ2v) is 5.37. The van der Waals surface area contributed by atoms with Crippen LogP contribution in [0.5, 0.6) is 0 Å². The van der Waals surface area contributed by atoms with Crippen molar-refractivity contribution >= 4 is 5.96 Å². The fourth-order valence-corrected chi connectivity index (χ4v) is 2.45. The van der Waals surface area contributed by atoms with Crippen molar-refractivity contribution in [2.24, 2.45) is 10.7 Å². The summed E-state index contributed by atoms with van der Waals surface area (Å²) in [5.41, 5.74) is 7.52. The third kappa shape index (κ3) is 2.43. The first-order chi connectivity index (χ1) is 8.01. The van der Waals surface area contributed by atoms with Crippen LogP contribution in [0, 0.1) is 0 Å². The normalized spacial score (nSPS) is 28.6. The lowest BCUT2D eigenvalue weighted by Crippen LogP contribution is -2.43. The Morgan fingerprint density at radius 1 is 1.29 bits per heavy atom. The monoisotopic (exact) mass is 231 g/mol. The second-order valence-electron chi connectivity index (χ2n) is 5.37. The summed E-state index contributed by atoms with van der Waals surface area (Å²) in [6.45, 7) is 2.31. The van der Waals surface area contributed by atoms with Crippen molar-refractivity contribution in [1.82, 2.24) is 4.90 Å². The zero-order valence-corrected chi connectivity index (χ0v) is 10.9. The molecule has 17 heavy (non-hydrogen) atoms. The van der Waals surface area contributed by atoms with E-state index in [1.54, 1.807) is 0 Å². The van der Waals surface area contributed by atoms with Gasteiger partial charge in [0.1, 0.15) is 0 Å². The Labute approximate surface area is 103 Å². The van der Waals surface area contributed by atoms with Crippen LogP contribution in [0.15, 0.2) is 35.3 Å². The standard InChI is InChI=1S/C14H21N3/c1-14(11-7-5-4-6-8-11)9-12(10-14)16-13(15)17(2)3/h4-8,12H,9-10H2,1-3H3,(H2,15,16). The minimum atomic E-state index is 0.280. The summed E-state index contributed by atoms with van der Waals surface area (Å²) in [5, 5.41) is 0. The van der Waals surface area contributed by atoms with Crippen molar-refractivity contribution < 1.29 is 0 Å². The van der Waals surface area contributed by atoms with Gasteiger partial charge in [0, 0.05) is 14.1 Å². The average molecular weight is 231 g/mol. The highest BCUT2D eigenvalue weighted by atomic mass is 15.2. The molecular formula is C14H21N3. The topological polar surface area (TPSA) is 41.6 Å². The van der Waals surface area contributed by atoms with Crippen LogP contribution in [0.4, 0.5) is 0 Å². The van der Waals surface area contributed by atoms with Crippen LogP contribution in [-0.2, 0) is 5.41 Å². The van der Waals surface area contributed by atoms with Crippen LogP contribution < -0.4 is 5.73 Å². The van der Waals surface area contributed by atoms with E-state index >= 15 is 0 Å². The summed E-state index contributed by atoms with van der Waals surface area (Å²) in [7, 11) is 3.85. The van der Waals surface area contributed by atoms with Gasteiger partial charge in [0.05, 0.1) is 6.04 Å². The minimum Gasteiger partial charge on any atom is -0.370 e. The molecule has 92 valence electrons. The molecule has 0 spiro atoms. The summed E-state index contributed by atoms with van der Waals surface area (Å²) in [5.74, 6) is 0.630. The van der Waals surface area contributed by atoms with E-state index in [4.69, 9.17) is 5.73 Å². The average Bonchev–Trinajstić information content (AvgIpc) is 2.27. The third-order valence-corrected chi connectivity index (χ3v) is 3.62. The largest absolute Gasteiger partial charge is 0.370 e. The number of nitrogens with zero attached hydrogens (tertiary/aromatic N) is 2. The molecule has 1 aromatic carbocycles. The van der Waals surface area contributed by atoms with Crippen LogP contribution in [0.3, 0.4) is 0 Å². The molecule has 0 aromatic heterocycles. The summed E-state index contributed by atoms with van der Waals surface area (Å²) >= 11 is 0. The quantitative estimate of drug-likeness (QED) is 0.624. The van der Waals surface area contributed by atoms with Gasteiger partial charge >= 0.3 is 0 Å². The molecule has 0 saturated heterocycles. The SMILES string of the molecule is CN(C)C(N)=NC1CC(C)(c2ccccc2)C1. The highest BCUT2D eigenvalue weighted by molar-refractivity contribution is 5.77. The van der Waals surface area contributed by atoms with E-state index in [0.717, 1.165) is 12.8 Å². The number of nitrogens with two attached hydrogens (primary N) is 1. The fraction of sp³-hybridized carbons (Fsp3) is 0.500. The van der Waals surface area contributed by atoms with E-state index < -0.39 is 0 Å². The smallest absolute Gasteiger partial charge is 0.190 e. The Morgan fingerprint density at radius 2 is 1.88 bits per heavy atom. The van der Waals surface area contributed by atoms with Gasteiger partial charge in [0.2, 0.25) is 0 Å². The van der Waals surface area contributed by atoms with Crippen molar-refractivity contribution in [3.63, 3.8) is 0 Å². The van der Waals surface area contributed by atoms with E-state index in [0.29, 0.717) is 12.0 Å². The lowest BCUT2D eigenvalue weighted by atomic mass is 9.63. The zero-order chi connectivity index (χ0) is 12.5. The first-order valence-electron chi connectivity index (χ1n) is 6.07. The molecule has 0 unspecified atom stereocenters. The Hall–Kier alpha value is -1.51. The molecule has 1 aliphatic rings. The molecule has 3 nitrogen and oxygen atoms in total. The number of hydrogen-bond donors (Lipinski definition) is 1. The summed E-state index contributed by atoms with van der Waals surface area (Å²) in [6.07, 6.45) is 2.18. The van der Waals surface area contributed by atoms with Gasteiger partial charge in [0.15, 0.2) is 5.96 Å². The van der Waals surface area contributed by atoms with Crippen molar-refractivity contribution in [3.05, 3.63) is 35.9 Å². The molecule has 0 atom stereocenters. The molecule has 2 rings (SSSR count). The van der Waals surface area contributed by atoms with E-state index in [9.17, 15) is 0 Å². The van der Waals surface area contributed by atoms with Crippen LogP contribution in [0.25, 0.3) is 0 Å². The van der Waals surface area contributed by atoms with Gasteiger partial charge in [-0.1, -0.05) is 37.3 Å². The Balaban J connectivity index is 2.01. The first-order valence-corrected chi connectivity index (χ1v) is 6.07. The van der Waals surface area contributed by atoms with Gasteiger partial charge in [-0.05, 0) is 23.8 Å². The molecule has 3 heteroatoms. The Morgan fingerprint density at radius 3 is 2.41 bits per heavy atom. The molecule has 0 bridgehead atoms. The van der Waals surface area contributed by atoms with Gasteiger partial charge in [-0.2, -0.15) is 0 Å². The molecule has 1 saturated carbocycles. The Kier molecular flexibility index (Phi) is 3.09. The number of benzene rings is 1. The number of aliphatic imine (C=N–C) groups is 1. The van der Waals surface area contributed by atoms with E-state index in [-0.39, 0.29) is 5.41 Å². The van der Waals surface area contributed by atoms with E-state index in [1.165, 1.54) is 5.56 Å². The lowest BCUT2D eigenvalue weighted by Gasteiger charge is -2.44. The zero-order valence-electron chi connectivity index (χ0n) is 10.9. The third-order valence-electron chi connectivity index (χ3n) is 3.62. The van der Waals surface area contributed by atoms with Crippen molar-refractivity contribution in [2.75, 3.05) is 14.1 Å². The number of hydrogen-bond acceptors (Lipinski definition) is 1. The first kappa shape index (κ1) is 12.0. The molecule has 0 radical (unpaired) electrons. The van der Waals surface area contributed by atoms with Gasteiger partial charge in [-0.3, -0.25) is 0 Å². The highest BCUT2D eigenvalue weighted by Crippen LogP contribution is 2.44. The van der Waals surface area contributed by atoms with Gasteiger partial charge in [-0.25, -0.2) is 4.99 Å². The molecule has 1 aliphatic carbocycles. The summed E-state index contributed by atoms with van der Waals surface area (Å²) in [4.78, 5) is 6.38. The molecule has 0 amide bonds.